The lowest BCUT2D eigenvalue weighted by atomic mass is 10.1. The van der Waals surface area contributed by atoms with Crippen LogP contribution in [0.25, 0.3) is 0 Å². The van der Waals surface area contributed by atoms with Gasteiger partial charge >= 0.3 is 0 Å². The van der Waals surface area contributed by atoms with Crippen molar-refractivity contribution in [2.75, 3.05) is 0 Å². The van der Waals surface area contributed by atoms with Crippen molar-refractivity contribution in [3.05, 3.63) is 53.3 Å². The van der Waals surface area contributed by atoms with Gasteiger partial charge in [0.05, 0.1) is 12.7 Å². The first-order valence-electron chi connectivity index (χ1n) is 5.73. The van der Waals surface area contributed by atoms with Gasteiger partial charge in [0.1, 0.15) is 0 Å². The smallest absolute Gasteiger partial charge is 0.0659 e. The summed E-state index contributed by atoms with van der Waals surface area (Å²) in [6.45, 7) is 7.34. The van der Waals surface area contributed by atoms with E-state index in [1.807, 2.05) is 10.9 Å². The molecule has 84 valence electrons. The molecule has 0 amide bonds. The number of benzene rings is 1. The molecule has 0 N–H and O–H groups in total. The molecule has 2 heteroatoms. The number of aryl methyl sites for hydroxylation is 1. The van der Waals surface area contributed by atoms with Crippen LogP contribution in [-0.4, -0.2) is 9.78 Å². The fourth-order valence-electron chi connectivity index (χ4n) is 1.64. The third-order valence-electron chi connectivity index (χ3n) is 2.79. The van der Waals surface area contributed by atoms with Crippen LogP contribution in [0.2, 0.25) is 0 Å². The van der Waals surface area contributed by atoms with E-state index in [1.54, 1.807) is 0 Å². The third kappa shape index (κ3) is 2.51. The van der Waals surface area contributed by atoms with Crippen molar-refractivity contribution in [2.24, 2.45) is 0 Å². The van der Waals surface area contributed by atoms with Crippen molar-refractivity contribution in [1.82, 2.24) is 9.78 Å². The van der Waals surface area contributed by atoms with E-state index in [2.05, 4.69) is 56.3 Å². The average molecular weight is 214 g/mol. The quantitative estimate of drug-likeness (QED) is 0.766. The zero-order chi connectivity index (χ0) is 11.5. The third-order valence-corrected chi connectivity index (χ3v) is 2.79. The summed E-state index contributed by atoms with van der Waals surface area (Å²) in [5.41, 5.74) is 3.89. The highest BCUT2D eigenvalue weighted by Gasteiger charge is 2.02. The molecular weight excluding hydrogens is 196 g/mol. The predicted octanol–water partition coefficient (Wildman–Crippen LogP) is 3.36. The summed E-state index contributed by atoms with van der Waals surface area (Å²) < 4.78 is 2.00. The molecule has 0 atom stereocenters. The van der Waals surface area contributed by atoms with Gasteiger partial charge < -0.3 is 0 Å². The maximum atomic E-state index is 4.37. The van der Waals surface area contributed by atoms with Crippen molar-refractivity contribution < 1.29 is 0 Å². The molecule has 1 heterocycles. The van der Waals surface area contributed by atoms with Gasteiger partial charge in [0.15, 0.2) is 0 Å². The fraction of sp³-hybridized carbons (Fsp3) is 0.357. The minimum absolute atomic E-state index is 0.548. The number of aromatic nitrogens is 2. The monoisotopic (exact) mass is 214 g/mol. The van der Waals surface area contributed by atoms with Gasteiger partial charge in [-0.25, -0.2) is 0 Å². The molecule has 0 unspecified atom stereocenters. The summed E-state index contributed by atoms with van der Waals surface area (Å²) in [5.74, 6) is 0.548. The molecule has 2 rings (SSSR count). The van der Waals surface area contributed by atoms with Crippen molar-refractivity contribution in [3.63, 3.8) is 0 Å². The molecular formula is C14H18N2. The van der Waals surface area contributed by atoms with Gasteiger partial charge in [-0.3, -0.25) is 4.68 Å². The van der Waals surface area contributed by atoms with Gasteiger partial charge in [-0.15, -0.1) is 0 Å². The molecule has 0 saturated carbocycles. The molecule has 0 aliphatic carbocycles. The molecule has 2 nitrogen and oxygen atoms in total. The Morgan fingerprint density at radius 3 is 2.44 bits per heavy atom. The molecule has 1 aromatic heterocycles. The van der Waals surface area contributed by atoms with Crippen LogP contribution >= 0.6 is 0 Å². The van der Waals surface area contributed by atoms with Crippen molar-refractivity contribution in [1.29, 1.82) is 0 Å². The lowest BCUT2D eigenvalue weighted by Gasteiger charge is -2.02. The molecule has 0 spiro atoms. The van der Waals surface area contributed by atoms with E-state index in [9.17, 15) is 0 Å². The van der Waals surface area contributed by atoms with E-state index in [-0.39, 0.29) is 0 Å². The molecule has 0 radical (unpaired) electrons. The van der Waals surface area contributed by atoms with E-state index >= 15 is 0 Å². The Hall–Kier alpha value is -1.57. The predicted molar refractivity (Wildman–Crippen MR) is 66.6 cm³/mol. The Morgan fingerprint density at radius 2 is 1.88 bits per heavy atom. The van der Waals surface area contributed by atoms with Gasteiger partial charge in [-0.2, -0.15) is 5.10 Å². The zero-order valence-electron chi connectivity index (χ0n) is 10.1. The normalized spacial score (nSPS) is 11.0. The van der Waals surface area contributed by atoms with Gasteiger partial charge in [-0.1, -0.05) is 43.7 Å². The summed E-state index contributed by atoms with van der Waals surface area (Å²) in [4.78, 5) is 0. The zero-order valence-corrected chi connectivity index (χ0v) is 10.1. The van der Waals surface area contributed by atoms with E-state index in [0.29, 0.717) is 5.92 Å². The van der Waals surface area contributed by atoms with Crippen LogP contribution in [0.1, 0.15) is 36.5 Å². The lowest BCUT2D eigenvalue weighted by molar-refractivity contribution is 0.685. The largest absolute Gasteiger partial charge is 0.268 e. The van der Waals surface area contributed by atoms with E-state index < -0.39 is 0 Å². The van der Waals surface area contributed by atoms with Gasteiger partial charge in [-0.05, 0) is 24.0 Å². The van der Waals surface area contributed by atoms with Crippen molar-refractivity contribution in [2.45, 2.75) is 33.2 Å². The van der Waals surface area contributed by atoms with Gasteiger partial charge in [0, 0.05) is 6.20 Å². The second kappa shape index (κ2) is 4.52. The second-order valence-corrected chi connectivity index (χ2v) is 4.61. The highest BCUT2D eigenvalue weighted by atomic mass is 15.3. The Morgan fingerprint density at radius 1 is 1.19 bits per heavy atom. The van der Waals surface area contributed by atoms with Crippen LogP contribution in [0.4, 0.5) is 0 Å². The first-order valence-corrected chi connectivity index (χ1v) is 5.73. The molecule has 0 bridgehead atoms. The standard InChI is InChI=1S/C14H18N2/c1-11(2)14-8-15-16(10-14)9-13-6-4-12(3)5-7-13/h4-8,10-11H,9H2,1-3H3. The van der Waals surface area contributed by atoms with Crippen LogP contribution in [0.15, 0.2) is 36.7 Å². The highest BCUT2D eigenvalue weighted by molar-refractivity contribution is 5.21. The minimum atomic E-state index is 0.548. The topological polar surface area (TPSA) is 17.8 Å². The average Bonchev–Trinajstić information content (AvgIpc) is 2.70. The Kier molecular flexibility index (Phi) is 3.09. The summed E-state index contributed by atoms with van der Waals surface area (Å²) in [6.07, 6.45) is 4.09. The SMILES string of the molecule is Cc1ccc(Cn2cc(C(C)C)cn2)cc1. The van der Waals surface area contributed by atoms with Crippen molar-refractivity contribution in [3.8, 4) is 0 Å². The molecule has 0 aliphatic rings. The summed E-state index contributed by atoms with van der Waals surface area (Å²) in [5, 5.41) is 4.37. The van der Waals surface area contributed by atoms with Gasteiger partial charge in [0.2, 0.25) is 0 Å². The minimum Gasteiger partial charge on any atom is -0.268 e. The molecule has 0 aliphatic heterocycles. The van der Waals surface area contributed by atoms with Crippen LogP contribution in [-0.2, 0) is 6.54 Å². The van der Waals surface area contributed by atoms with Crippen LogP contribution < -0.4 is 0 Å². The summed E-state index contributed by atoms with van der Waals surface area (Å²) in [7, 11) is 0. The maximum Gasteiger partial charge on any atom is 0.0659 e. The van der Waals surface area contributed by atoms with E-state index in [1.165, 1.54) is 16.7 Å². The van der Waals surface area contributed by atoms with Crippen LogP contribution in [0.3, 0.4) is 0 Å². The Balaban J connectivity index is 2.11. The summed E-state index contributed by atoms with van der Waals surface area (Å²) in [6, 6.07) is 8.60. The number of nitrogens with zero attached hydrogens (tertiary/aromatic N) is 2. The first kappa shape index (κ1) is 10.9. The molecule has 0 saturated heterocycles. The van der Waals surface area contributed by atoms with Crippen LogP contribution in [0, 0.1) is 6.92 Å². The molecule has 16 heavy (non-hydrogen) atoms. The second-order valence-electron chi connectivity index (χ2n) is 4.61. The summed E-state index contributed by atoms with van der Waals surface area (Å²) >= 11 is 0. The number of hydrogen-bond acceptors (Lipinski definition) is 1. The van der Waals surface area contributed by atoms with Crippen molar-refractivity contribution >= 4 is 0 Å². The van der Waals surface area contributed by atoms with E-state index in [0.717, 1.165) is 6.54 Å². The highest BCUT2D eigenvalue weighted by Crippen LogP contribution is 2.13. The van der Waals surface area contributed by atoms with Crippen LogP contribution in [0.5, 0.6) is 0 Å². The molecule has 2 aromatic rings. The van der Waals surface area contributed by atoms with Gasteiger partial charge in [0.25, 0.3) is 0 Å². The maximum absolute atomic E-state index is 4.37. The fourth-order valence-corrected chi connectivity index (χ4v) is 1.64. The first-order chi connectivity index (χ1) is 7.65. The number of rotatable bonds is 3. The molecule has 1 aromatic carbocycles. The number of hydrogen-bond donors (Lipinski definition) is 0. The Labute approximate surface area is 96.9 Å². The van der Waals surface area contributed by atoms with E-state index in [4.69, 9.17) is 0 Å². The molecule has 0 fully saturated rings. The Bertz CT molecular complexity index is 452. The lowest BCUT2D eigenvalue weighted by Crippen LogP contribution is -1.99.